The van der Waals surface area contributed by atoms with Crippen LogP contribution in [0.15, 0.2) is 18.3 Å². The van der Waals surface area contributed by atoms with Gasteiger partial charge in [-0.1, -0.05) is 6.92 Å². The van der Waals surface area contributed by atoms with Gasteiger partial charge in [-0.2, -0.15) is 0 Å². The summed E-state index contributed by atoms with van der Waals surface area (Å²) in [7, 11) is 3.30. The van der Waals surface area contributed by atoms with Crippen molar-refractivity contribution in [1.82, 2.24) is 15.2 Å². The lowest BCUT2D eigenvalue weighted by molar-refractivity contribution is 0.0822. The van der Waals surface area contributed by atoms with Gasteiger partial charge in [-0.25, -0.2) is 4.79 Å². The molecule has 0 saturated carbocycles. The molecule has 0 aliphatic heterocycles. The number of aromatic nitrogens is 1. The van der Waals surface area contributed by atoms with Gasteiger partial charge >= 0.3 is 6.03 Å². The van der Waals surface area contributed by atoms with Gasteiger partial charge in [0.2, 0.25) is 0 Å². The Bertz CT molecular complexity index is 432. The monoisotopic (exact) mass is 250 g/mol. The van der Waals surface area contributed by atoms with Gasteiger partial charge in [-0.05, 0) is 18.6 Å². The number of pyridine rings is 1. The van der Waals surface area contributed by atoms with Crippen molar-refractivity contribution in [3.05, 3.63) is 24.0 Å². The van der Waals surface area contributed by atoms with Crippen LogP contribution in [0.5, 0.6) is 0 Å². The number of amides is 3. The van der Waals surface area contributed by atoms with Crippen LogP contribution in [0.1, 0.15) is 23.8 Å². The van der Waals surface area contributed by atoms with Crippen molar-refractivity contribution >= 4 is 17.6 Å². The molecule has 0 aliphatic rings. The largest absolute Gasteiger partial charge is 0.343 e. The van der Waals surface area contributed by atoms with Crippen molar-refractivity contribution in [3.63, 3.8) is 0 Å². The molecule has 0 aromatic carbocycles. The van der Waals surface area contributed by atoms with Crippen LogP contribution in [0.3, 0.4) is 0 Å². The standard InChI is InChI=1S/C12H18N4O2/c1-4-6-14-12(18)15-9-5-7-13-10(8-9)11(17)16(2)3/h5,7-8H,4,6H2,1-3H3,(H2,13,14,15,18). The molecule has 0 spiro atoms. The highest BCUT2D eigenvalue weighted by Crippen LogP contribution is 2.09. The summed E-state index contributed by atoms with van der Waals surface area (Å²) < 4.78 is 0. The van der Waals surface area contributed by atoms with Gasteiger partial charge in [-0.3, -0.25) is 9.78 Å². The van der Waals surface area contributed by atoms with E-state index in [-0.39, 0.29) is 11.9 Å². The molecule has 0 fully saturated rings. The van der Waals surface area contributed by atoms with E-state index in [4.69, 9.17) is 0 Å². The normalized spacial score (nSPS) is 9.72. The molecular formula is C12H18N4O2. The molecule has 98 valence electrons. The van der Waals surface area contributed by atoms with E-state index in [1.807, 2.05) is 6.92 Å². The molecule has 1 aromatic rings. The Hall–Kier alpha value is -2.11. The van der Waals surface area contributed by atoms with Crippen molar-refractivity contribution in [2.45, 2.75) is 13.3 Å². The van der Waals surface area contributed by atoms with E-state index in [0.717, 1.165) is 6.42 Å². The fourth-order valence-corrected chi connectivity index (χ4v) is 1.27. The number of rotatable bonds is 4. The molecule has 0 saturated heterocycles. The molecule has 18 heavy (non-hydrogen) atoms. The van der Waals surface area contributed by atoms with E-state index in [9.17, 15) is 9.59 Å². The van der Waals surface area contributed by atoms with Gasteiger partial charge in [0.05, 0.1) is 0 Å². The number of hydrogen-bond acceptors (Lipinski definition) is 3. The minimum atomic E-state index is -0.286. The minimum Gasteiger partial charge on any atom is -0.343 e. The van der Waals surface area contributed by atoms with Crippen molar-refractivity contribution in [1.29, 1.82) is 0 Å². The molecule has 1 heterocycles. The van der Waals surface area contributed by atoms with Crippen LogP contribution >= 0.6 is 0 Å². The third kappa shape index (κ3) is 4.04. The second-order valence-electron chi connectivity index (χ2n) is 4.01. The fourth-order valence-electron chi connectivity index (χ4n) is 1.27. The molecule has 0 radical (unpaired) electrons. The molecule has 1 rings (SSSR count). The summed E-state index contributed by atoms with van der Waals surface area (Å²) in [6.45, 7) is 2.58. The van der Waals surface area contributed by atoms with Crippen LogP contribution in [0.25, 0.3) is 0 Å². The third-order valence-electron chi connectivity index (χ3n) is 2.18. The van der Waals surface area contributed by atoms with Gasteiger partial charge < -0.3 is 15.5 Å². The van der Waals surface area contributed by atoms with Crippen LogP contribution < -0.4 is 10.6 Å². The average molecular weight is 250 g/mol. The number of hydrogen-bond donors (Lipinski definition) is 2. The molecule has 0 bridgehead atoms. The minimum absolute atomic E-state index is 0.201. The van der Waals surface area contributed by atoms with Crippen molar-refractivity contribution in [2.75, 3.05) is 26.0 Å². The topological polar surface area (TPSA) is 74.3 Å². The van der Waals surface area contributed by atoms with Crippen molar-refractivity contribution < 1.29 is 9.59 Å². The zero-order chi connectivity index (χ0) is 13.5. The van der Waals surface area contributed by atoms with Gasteiger partial charge in [-0.15, -0.1) is 0 Å². The number of anilines is 1. The molecule has 2 N–H and O–H groups in total. The van der Waals surface area contributed by atoms with Gasteiger partial charge in [0, 0.05) is 32.5 Å². The highest BCUT2D eigenvalue weighted by atomic mass is 16.2. The van der Waals surface area contributed by atoms with Crippen LogP contribution in [0.4, 0.5) is 10.5 Å². The molecule has 0 atom stereocenters. The first-order valence-electron chi connectivity index (χ1n) is 5.77. The van der Waals surface area contributed by atoms with Gasteiger partial charge in [0.1, 0.15) is 5.69 Å². The van der Waals surface area contributed by atoms with E-state index < -0.39 is 0 Å². The Kier molecular flexibility index (Phi) is 5.10. The first-order valence-corrected chi connectivity index (χ1v) is 5.77. The lowest BCUT2D eigenvalue weighted by Gasteiger charge is -2.11. The lowest BCUT2D eigenvalue weighted by atomic mass is 10.3. The van der Waals surface area contributed by atoms with E-state index in [1.165, 1.54) is 11.1 Å². The zero-order valence-electron chi connectivity index (χ0n) is 10.9. The summed E-state index contributed by atoms with van der Waals surface area (Å²) in [6, 6.07) is 2.90. The molecule has 6 heteroatoms. The highest BCUT2D eigenvalue weighted by molar-refractivity contribution is 5.94. The number of nitrogens with one attached hydrogen (secondary N) is 2. The number of carbonyl (C=O) groups excluding carboxylic acids is 2. The van der Waals surface area contributed by atoms with Gasteiger partial charge in [0.15, 0.2) is 0 Å². The Morgan fingerprint density at radius 3 is 2.72 bits per heavy atom. The molecule has 3 amide bonds. The van der Waals surface area contributed by atoms with Crippen LogP contribution in [-0.2, 0) is 0 Å². The Morgan fingerprint density at radius 1 is 1.39 bits per heavy atom. The fraction of sp³-hybridized carbons (Fsp3) is 0.417. The molecule has 0 unspecified atom stereocenters. The smallest absolute Gasteiger partial charge is 0.319 e. The van der Waals surface area contributed by atoms with Crippen molar-refractivity contribution in [3.8, 4) is 0 Å². The SMILES string of the molecule is CCCNC(=O)Nc1ccnc(C(=O)N(C)C)c1. The summed E-state index contributed by atoms with van der Waals surface area (Å²) in [5.41, 5.74) is 0.845. The maximum Gasteiger partial charge on any atom is 0.319 e. The van der Waals surface area contributed by atoms with E-state index in [2.05, 4.69) is 15.6 Å². The maximum atomic E-state index is 11.7. The predicted octanol–water partition coefficient (Wildman–Crippen LogP) is 1.31. The summed E-state index contributed by atoms with van der Waals surface area (Å²) in [4.78, 5) is 28.5. The Labute approximate surface area is 106 Å². The lowest BCUT2D eigenvalue weighted by Crippen LogP contribution is -2.29. The third-order valence-corrected chi connectivity index (χ3v) is 2.18. The van der Waals surface area contributed by atoms with Crippen LogP contribution in [0, 0.1) is 0 Å². The molecular weight excluding hydrogens is 232 g/mol. The van der Waals surface area contributed by atoms with E-state index in [0.29, 0.717) is 17.9 Å². The predicted molar refractivity (Wildman–Crippen MR) is 69.6 cm³/mol. The average Bonchev–Trinajstić information content (AvgIpc) is 2.35. The summed E-state index contributed by atoms with van der Waals surface area (Å²) >= 11 is 0. The summed E-state index contributed by atoms with van der Waals surface area (Å²) in [6.07, 6.45) is 2.36. The first kappa shape index (κ1) is 14.0. The van der Waals surface area contributed by atoms with E-state index >= 15 is 0 Å². The quantitative estimate of drug-likeness (QED) is 0.846. The number of carbonyl (C=O) groups is 2. The second-order valence-corrected chi connectivity index (χ2v) is 4.01. The van der Waals surface area contributed by atoms with Gasteiger partial charge in [0.25, 0.3) is 5.91 Å². The number of urea groups is 1. The summed E-state index contributed by atoms with van der Waals surface area (Å²) in [5.74, 6) is -0.201. The molecule has 0 aliphatic carbocycles. The number of nitrogens with zero attached hydrogens (tertiary/aromatic N) is 2. The zero-order valence-corrected chi connectivity index (χ0v) is 10.9. The Morgan fingerprint density at radius 2 is 2.11 bits per heavy atom. The Balaban J connectivity index is 2.70. The van der Waals surface area contributed by atoms with Crippen molar-refractivity contribution in [2.24, 2.45) is 0 Å². The van der Waals surface area contributed by atoms with Crippen LogP contribution in [0.2, 0.25) is 0 Å². The van der Waals surface area contributed by atoms with E-state index in [1.54, 1.807) is 26.2 Å². The highest BCUT2D eigenvalue weighted by Gasteiger charge is 2.10. The molecule has 6 nitrogen and oxygen atoms in total. The van der Waals surface area contributed by atoms with Crippen LogP contribution in [-0.4, -0.2) is 42.5 Å². The summed E-state index contributed by atoms with van der Waals surface area (Å²) in [5, 5.41) is 5.34. The first-order chi connectivity index (χ1) is 8.54. The maximum absolute atomic E-state index is 11.7. The molecule has 1 aromatic heterocycles. The second kappa shape index (κ2) is 6.58.